The van der Waals surface area contributed by atoms with Gasteiger partial charge in [-0.25, -0.2) is 0 Å². The average molecular weight is 140 g/mol. The maximum absolute atomic E-state index is 5.67. The molecule has 2 nitrogen and oxygen atoms in total. The Labute approximate surface area is 60.5 Å². The average Bonchev–Trinajstić information content (AvgIpc) is 2.53. The predicted octanol–water partition coefficient (Wildman–Crippen LogP) is 1.10. The van der Waals surface area contributed by atoms with Gasteiger partial charge in [0, 0.05) is 12.8 Å². The Balaban J connectivity index is 1.92. The van der Waals surface area contributed by atoms with E-state index in [1.807, 2.05) is 0 Å². The Morgan fingerprint density at radius 3 is 2.10 bits per heavy atom. The molecule has 0 unspecified atom stereocenters. The quantitative estimate of drug-likeness (QED) is 0.471. The van der Waals surface area contributed by atoms with Crippen LogP contribution in [0.15, 0.2) is 0 Å². The molecule has 0 amide bonds. The molecule has 56 valence electrons. The summed E-state index contributed by atoms with van der Waals surface area (Å²) in [5.41, 5.74) is 0.343. The van der Waals surface area contributed by atoms with Crippen molar-refractivity contribution in [3.63, 3.8) is 0 Å². The molecular weight excluding hydrogens is 128 g/mol. The first-order chi connectivity index (χ1) is 4.63. The van der Waals surface area contributed by atoms with Gasteiger partial charge in [-0.15, -0.1) is 0 Å². The minimum absolute atomic E-state index is 0.171. The van der Waals surface area contributed by atoms with Gasteiger partial charge in [-0.05, 0) is 13.8 Å². The second kappa shape index (κ2) is 1.16. The number of hydrogen-bond acceptors (Lipinski definition) is 2. The molecule has 10 heavy (non-hydrogen) atoms. The summed E-state index contributed by atoms with van der Waals surface area (Å²) in [5, 5.41) is 0. The zero-order chi connectivity index (χ0) is 6.98. The highest BCUT2D eigenvalue weighted by Crippen LogP contribution is 2.61. The van der Waals surface area contributed by atoms with Gasteiger partial charge >= 0.3 is 0 Å². The molecule has 4 atom stereocenters. The molecule has 2 heterocycles. The Hall–Kier alpha value is -0.0800. The van der Waals surface area contributed by atoms with Crippen LogP contribution < -0.4 is 0 Å². The third-order valence-electron chi connectivity index (χ3n) is 3.40. The van der Waals surface area contributed by atoms with Crippen molar-refractivity contribution in [3.8, 4) is 0 Å². The third-order valence-corrected chi connectivity index (χ3v) is 3.40. The second-order valence-electron chi connectivity index (χ2n) is 4.19. The first-order valence-corrected chi connectivity index (χ1v) is 3.99. The largest absolute Gasteiger partial charge is 0.369 e. The minimum Gasteiger partial charge on any atom is -0.369 e. The number of rotatable bonds is 0. The lowest BCUT2D eigenvalue weighted by Gasteiger charge is -2.13. The molecule has 3 aliphatic rings. The Morgan fingerprint density at radius 1 is 1.10 bits per heavy atom. The molecule has 0 aromatic heterocycles. The molecule has 0 aromatic carbocycles. The molecule has 0 spiro atoms. The molecule has 2 saturated heterocycles. The van der Waals surface area contributed by atoms with E-state index >= 15 is 0 Å². The number of ether oxygens (including phenoxy) is 2. The van der Waals surface area contributed by atoms with Crippen LogP contribution in [0.3, 0.4) is 0 Å². The van der Waals surface area contributed by atoms with E-state index in [0.29, 0.717) is 12.2 Å². The highest BCUT2D eigenvalue weighted by atomic mass is 16.7. The molecule has 3 fully saturated rings. The summed E-state index contributed by atoms with van der Waals surface area (Å²) >= 11 is 0. The fourth-order valence-electron chi connectivity index (χ4n) is 2.29. The van der Waals surface area contributed by atoms with Crippen LogP contribution in [0.5, 0.6) is 0 Å². The lowest BCUT2D eigenvalue weighted by molar-refractivity contribution is 0.233. The van der Waals surface area contributed by atoms with Crippen molar-refractivity contribution in [2.45, 2.75) is 50.1 Å². The van der Waals surface area contributed by atoms with E-state index in [1.54, 1.807) is 0 Å². The molecule has 3 rings (SSSR count). The van der Waals surface area contributed by atoms with E-state index in [-0.39, 0.29) is 11.2 Å². The van der Waals surface area contributed by atoms with Crippen LogP contribution in [-0.4, -0.2) is 23.4 Å². The third kappa shape index (κ3) is 0.453. The Kier molecular flexibility index (Phi) is 0.647. The summed E-state index contributed by atoms with van der Waals surface area (Å²) < 4.78 is 11.1. The number of epoxide rings is 2. The molecule has 2 aliphatic heterocycles. The van der Waals surface area contributed by atoms with Crippen LogP contribution in [0.25, 0.3) is 0 Å². The number of hydrogen-bond donors (Lipinski definition) is 0. The zero-order valence-corrected chi connectivity index (χ0v) is 6.39. The highest BCUT2D eigenvalue weighted by Gasteiger charge is 2.72. The normalized spacial score (nSPS) is 70.2. The monoisotopic (exact) mass is 140 g/mol. The second-order valence-corrected chi connectivity index (χ2v) is 4.19. The maximum Gasteiger partial charge on any atom is 0.0976 e. The van der Waals surface area contributed by atoms with Gasteiger partial charge in [-0.1, -0.05) is 0 Å². The topological polar surface area (TPSA) is 25.1 Å². The van der Waals surface area contributed by atoms with Crippen LogP contribution in [0.4, 0.5) is 0 Å². The molecular formula is C8H12O2. The molecule has 2 heteroatoms. The van der Waals surface area contributed by atoms with E-state index in [4.69, 9.17) is 9.47 Å². The maximum atomic E-state index is 5.67. The van der Waals surface area contributed by atoms with E-state index in [2.05, 4.69) is 13.8 Å². The van der Waals surface area contributed by atoms with Crippen molar-refractivity contribution in [2.24, 2.45) is 0 Å². The minimum atomic E-state index is 0.171. The van der Waals surface area contributed by atoms with Crippen molar-refractivity contribution in [1.29, 1.82) is 0 Å². The summed E-state index contributed by atoms with van der Waals surface area (Å²) in [7, 11) is 0. The van der Waals surface area contributed by atoms with Crippen LogP contribution >= 0.6 is 0 Å². The van der Waals surface area contributed by atoms with Crippen molar-refractivity contribution in [2.75, 3.05) is 0 Å². The van der Waals surface area contributed by atoms with Crippen LogP contribution in [0.1, 0.15) is 26.7 Å². The van der Waals surface area contributed by atoms with E-state index in [9.17, 15) is 0 Å². The van der Waals surface area contributed by atoms with Crippen LogP contribution in [-0.2, 0) is 9.47 Å². The van der Waals surface area contributed by atoms with Gasteiger partial charge in [0.2, 0.25) is 0 Å². The van der Waals surface area contributed by atoms with E-state index in [0.717, 1.165) is 12.8 Å². The van der Waals surface area contributed by atoms with Gasteiger partial charge in [0.25, 0.3) is 0 Å². The Morgan fingerprint density at radius 2 is 1.60 bits per heavy atom. The fraction of sp³-hybridized carbons (Fsp3) is 1.00. The van der Waals surface area contributed by atoms with Gasteiger partial charge in [-0.2, -0.15) is 0 Å². The Bertz CT molecular complexity index is 183. The molecule has 1 saturated carbocycles. The van der Waals surface area contributed by atoms with Gasteiger partial charge in [0.1, 0.15) is 0 Å². The zero-order valence-electron chi connectivity index (χ0n) is 6.39. The molecule has 0 aromatic rings. The van der Waals surface area contributed by atoms with Crippen molar-refractivity contribution in [3.05, 3.63) is 0 Å². The number of fused-ring (bicyclic) bond motifs is 2. The smallest absolute Gasteiger partial charge is 0.0976 e. The van der Waals surface area contributed by atoms with Crippen LogP contribution in [0, 0.1) is 0 Å². The summed E-state index contributed by atoms with van der Waals surface area (Å²) in [4.78, 5) is 0. The molecule has 0 N–H and O–H groups in total. The SMILES string of the molecule is C[C@@]12C[C@@H]3O[C@@H]3C[C@]1(C)O2. The lowest BCUT2D eigenvalue weighted by Crippen LogP contribution is -2.28. The van der Waals surface area contributed by atoms with Crippen LogP contribution in [0.2, 0.25) is 0 Å². The molecule has 0 bridgehead atoms. The highest BCUT2D eigenvalue weighted by molar-refractivity contribution is 5.20. The van der Waals surface area contributed by atoms with Crippen molar-refractivity contribution in [1.82, 2.24) is 0 Å². The summed E-state index contributed by atoms with van der Waals surface area (Å²) in [5.74, 6) is 0. The predicted molar refractivity (Wildman–Crippen MR) is 35.8 cm³/mol. The van der Waals surface area contributed by atoms with Gasteiger partial charge in [-0.3, -0.25) is 0 Å². The standard InChI is InChI=1S/C8H12O2/c1-7-3-5-6(9-5)4-8(7,2)10-7/h5-6H,3-4H2,1-2H3/t5-,6+,7+,8-. The summed E-state index contributed by atoms with van der Waals surface area (Å²) in [6.07, 6.45) is 3.32. The molecule has 1 aliphatic carbocycles. The van der Waals surface area contributed by atoms with Crippen molar-refractivity contribution < 1.29 is 9.47 Å². The van der Waals surface area contributed by atoms with E-state index in [1.165, 1.54) is 0 Å². The fourth-order valence-corrected chi connectivity index (χ4v) is 2.29. The summed E-state index contributed by atoms with van der Waals surface area (Å²) in [6, 6.07) is 0. The lowest BCUT2D eigenvalue weighted by atomic mass is 9.82. The first kappa shape index (κ1) is 5.56. The van der Waals surface area contributed by atoms with Gasteiger partial charge in [0.15, 0.2) is 0 Å². The van der Waals surface area contributed by atoms with Gasteiger partial charge in [0.05, 0.1) is 23.4 Å². The first-order valence-electron chi connectivity index (χ1n) is 3.99. The summed E-state index contributed by atoms with van der Waals surface area (Å²) in [6.45, 7) is 4.40. The molecule has 0 radical (unpaired) electrons. The van der Waals surface area contributed by atoms with Crippen molar-refractivity contribution >= 4 is 0 Å². The van der Waals surface area contributed by atoms with E-state index < -0.39 is 0 Å². The van der Waals surface area contributed by atoms with Gasteiger partial charge < -0.3 is 9.47 Å².